The largest absolute Gasteiger partial charge is 0.484 e. The molecule has 10 heteroatoms. The van der Waals surface area contributed by atoms with Gasteiger partial charge in [0.1, 0.15) is 23.1 Å². The number of aryl methyl sites for hydroxylation is 1. The van der Waals surface area contributed by atoms with Gasteiger partial charge in [0.25, 0.3) is 11.8 Å². The molecule has 2 bridgehead atoms. The van der Waals surface area contributed by atoms with Crippen molar-refractivity contribution in [1.82, 2.24) is 10.6 Å². The second-order valence-corrected chi connectivity index (χ2v) is 10.4. The summed E-state index contributed by atoms with van der Waals surface area (Å²) in [5.74, 6) is -0.959. The van der Waals surface area contributed by atoms with Gasteiger partial charge in [-0.2, -0.15) is 0 Å². The van der Waals surface area contributed by atoms with E-state index < -0.39 is 35.0 Å². The quantitative estimate of drug-likeness (QED) is 0.542. The Hall–Kier alpha value is -2.91. The zero-order chi connectivity index (χ0) is 25.5. The van der Waals surface area contributed by atoms with Crippen molar-refractivity contribution in [2.24, 2.45) is 0 Å². The minimum atomic E-state index is -0.854. The summed E-state index contributed by atoms with van der Waals surface area (Å²) in [5, 5.41) is 16.9. The van der Waals surface area contributed by atoms with Gasteiger partial charge in [-0.05, 0) is 80.8 Å². The van der Waals surface area contributed by atoms with Crippen molar-refractivity contribution in [2.45, 2.75) is 68.2 Å². The number of hydrogen-bond acceptors (Lipinski definition) is 5. The lowest BCUT2D eigenvalue weighted by atomic mass is 9.59. The number of amides is 2. The summed E-state index contributed by atoms with van der Waals surface area (Å²) >= 11 is 5.66. The summed E-state index contributed by atoms with van der Waals surface area (Å²) < 4.78 is 38.2. The van der Waals surface area contributed by atoms with Gasteiger partial charge < -0.3 is 25.2 Å². The molecule has 0 aromatic heterocycles. The molecule has 3 aliphatic carbocycles. The third-order valence-corrected chi connectivity index (χ3v) is 7.93. The Balaban J connectivity index is 1.16. The van der Waals surface area contributed by atoms with Gasteiger partial charge in [-0.25, -0.2) is 8.78 Å². The number of aliphatic hydroxyl groups is 1. The number of carbonyl (C=O) groups excluding carboxylic acids is 2. The molecule has 1 aliphatic heterocycles. The van der Waals surface area contributed by atoms with E-state index in [4.69, 9.17) is 21.1 Å². The molecule has 0 spiro atoms. The van der Waals surface area contributed by atoms with Gasteiger partial charge in [-0.3, -0.25) is 9.59 Å². The van der Waals surface area contributed by atoms with E-state index in [0.717, 1.165) is 11.6 Å². The fraction of sp³-hybridized carbons (Fsp3) is 0.462. The van der Waals surface area contributed by atoms with E-state index in [1.54, 1.807) is 0 Å². The number of halogens is 3. The maximum atomic E-state index is 13.6. The first-order valence-corrected chi connectivity index (χ1v) is 12.4. The SMILES string of the molecule is O=C(COc1ccc(Cl)c(F)c1)NC12CCC(NC(=O)[C@@H]3CCc4cc(F)ccc4O3)(CC1)C[C@@H]2O. The summed E-state index contributed by atoms with van der Waals surface area (Å²) in [5.41, 5.74) is -0.636. The smallest absolute Gasteiger partial charge is 0.261 e. The molecule has 3 N–H and O–H groups in total. The van der Waals surface area contributed by atoms with Crippen LogP contribution in [0.3, 0.4) is 0 Å². The second kappa shape index (κ2) is 9.52. The highest BCUT2D eigenvalue weighted by atomic mass is 35.5. The van der Waals surface area contributed by atoms with Crippen molar-refractivity contribution in [3.05, 3.63) is 58.6 Å². The number of rotatable bonds is 6. The summed E-state index contributed by atoms with van der Waals surface area (Å²) in [6, 6.07) is 8.19. The zero-order valence-electron chi connectivity index (χ0n) is 19.5. The number of nitrogens with one attached hydrogen (secondary N) is 2. The van der Waals surface area contributed by atoms with Gasteiger partial charge >= 0.3 is 0 Å². The summed E-state index contributed by atoms with van der Waals surface area (Å²) in [4.78, 5) is 25.6. The molecular formula is C26H27ClF2N2O5. The monoisotopic (exact) mass is 520 g/mol. The van der Waals surface area contributed by atoms with Crippen molar-refractivity contribution in [3.63, 3.8) is 0 Å². The fourth-order valence-electron chi connectivity index (χ4n) is 5.57. The molecule has 4 aliphatic rings. The molecular weight excluding hydrogens is 494 g/mol. The average Bonchev–Trinajstić information content (AvgIpc) is 2.85. The maximum absolute atomic E-state index is 13.6. The molecule has 2 amide bonds. The molecule has 3 saturated carbocycles. The van der Waals surface area contributed by atoms with Gasteiger partial charge in [0.2, 0.25) is 0 Å². The summed E-state index contributed by atoms with van der Waals surface area (Å²) in [6.45, 7) is -0.332. The maximum Gasteiger partial charge on any atom is 0.261 e. The van der Waals surface area contributed by atoms with Crippen LogP contribution in [-0.2, 0) is 16.0 Å². The zero-order valence-corrected chi connectivity index (χ0v) is 20.2. The third kappa shape index (κ3) is 4.86. The molecule has 6 rings (SSSR count). The molecule has 0 unspecified atom stereocenters. The first kappa shape index (κ1) is 24.8. The van der Waals surface area contributed by atoms with E-state index in [-0.39, 0.29) is 29.1 Å². The highest BCUT2D eigenvalue weighted by Crippen LogP contribution is 2.47. The number of carbonyl (C=O) groups is 2. The van der Waals surface area contributed by atoms with E-state index in [1.165, 1.54) is 30.3 Å². The van der Waals surface area contributed by atoms with Crippen molar-refractivity contribution >= 4 is 23.4 Å². The molecule has 3 fully saturated rings. The lowest BCUT2D eigenvalue weighted by Gasteiger charge is -2.56. The molecule has 1 heterocycles. The molecule has 7 nitrogen and oxygen atoms in total. The van der Waals surface area contributed by atoms with E-state index in [2.05, 4.69) is 10.6 Å². The molecule has 2 aromatic carbocycles. The van der Waals surface area contributed by atoms with E-state index in [1.807, 2.05) is 0 Å². The number of benzene rings is 2. The number of aliphatic hydroxyl groups excluding tert-OH is 1. The van der Waals surface area contributed by atoms with Gasteiger partial charge in [0, 0.05) is 11.6 Å². The number of ether oxygens (including phenoxy) is 2. The summed E-state index contributed by atoms with van der Waals surface area (Å²) in [6.07, 6.45) is 1.91. The van der Waals surface area contributed by atoms with Crippen molar-refractivity contribution in [1.29, 1.82) is 0 Å². The standard InChI is InChI=1S/C26H27ClF2N2O5/c27-18-4-3-17(12-19(18)29)35-14-23(33)30-26-9-7-25(8-10-26,13-22(26)32)31-24(34)21-5-1-15-11-16(28)2-6-20(15)36-21/h2-4,6,11-12,21-22,32H,1,5,7-10,13-14H2,(H,30,33)(H,31,34)/t21-,22-,25?,26?/m0/s1. The lowest BCUT2D eigenvalue weighted by molar-refractivity contribution is -0.139. The Labute approximate surface area is 212 Å². The minimum Gasteiger partial charge on any atom is -0.484 e. The van der Waals surface area contributed by atoms with Crippen LogP contribution in [0.5, 0.6) is 11.5 Å². The molecule has 0 radical (unpaired) electrons. The Morgan fingerprint density at radius 3 is 2.61 bits per heavy atom. The van der Waals surface area contributed by atoms with Crippen LogP contribution < -0.4 is 20.1 Å². The first-order valence-electron chi connectivity index (χ1n) is 12.0. The van der Waals surface area contributed by atoms with Crippen molar-refractivity contribution in [2.75, 3.05) is 6.61 Å². The van der Waals surface area contributed by atoms with Crippen molar-refractivity contribution < 1.29 is 33.0 Å². The van der Waals surface area contributed by atoms with Crippen LogP contribution in [0.1, 0.15) is 44.1 Å². The van der Waals surface area contributed by atoms with Crippen LogP contribution in [0.2, 0.25) is 5.02 Å². The highest BCUT2D eigenvalue weighted by Gasteiger charge is 2.55. The molecule has 0 saturated heterocycles. The van der Waals surface area contributed by atoms with Crippen molar-refractivity contribution in [3.8, 4) is 11.5 Å². The van der Waals surface area contributed by atoms with Gasteiger partial charge in [-0.15, -0.1) is 0 Å². The number of fused-ring (bicyclic) bond motifs is 4. The molecule has 2 aromatic rings. The molecule has 2 atom stereocenters. The second-order valence-electron chi connectivity index (χ2n) is 9.96. The van der Waals surface area contributed by atoms with E-state index >= 15 is 0 Å². The average molecular weight is 521 g/mol. The van der Waals surface area contributed by atoms with Crippen LogP contribution in [0.25, 0.3) is 0 Å². The first-order chi connectivity index (χ1) is 17.2. The lowest BCUT2D eigenvalue weighted by Crippen LogP contribution is -2.71. The van der Waals surface area contributed by atoms with E-state index in [0.29, 0.717) is 50.7 Å². The van der Waals surface area contributed by atoms with E-state index in [9.17, 15) is 23.5 Å². The Kier molecular flexibility index (Phi) is 6.55. The Bertz CT molecular complexity index is 1180. The predicted molar refractivity (Wildman–Crippen MR) is 127 cm³/mol. The van der Waals surface area contributed by atoms with Gasteiger partial charge in [0.05, 0.1) is 16.7 Å². The fourth-order valence-corrected chi connectivity index (χ4v) is 5.69. The highest BCUT2D eigenvalue weighted by molar-refractivity contribution is 6.30. The molecule has 192 valence electrons. The Morgan fingerprint density at radius 2 is 1.89 bits per heavy atom. The van der Waals surface area contributed by atoms with Gasteiger partial charge in [-0.1, -0.05) is 11.6 Å². The number of hydrogen-bond donors (Lipinski definition) is 3. The van der Waals surface area contributed by atoms with Gasteiger partial charge in [0.15, 0.2) is 12.7 Å². The summed E-state index contributed by atoms with van der Waals surface area (Å²) in [7, 11) is 0. The third-order valence-electron chi connectivity index (χ3n) is 7.62. The topological polar surface area (TPSA) is 96.9 Å². The molecule has 36 heavy (non-hydrogen) atoms. The van der Waals surface area contributed by atoms with Crippen LogP contribution >= 0.6 is 11.6 Å². The predicted octanol–water partition coefficient (Wildman–Crippen LogP) is 3.44. The van der Waals surface area contributed by atoms with Crippen LogP contribution in [0.15, 0.2) is 36.4 Å². The Morgan fingerprint density at radius 1 is 1.11 bits per heavy atom. The minimum absolute atomic E-state index is 0.0379. The van der Waals surface area contributed by atoms with Crippen LogP contribution in [0, 0.1) is 11.6 Å². The van der Waals surface area contributed by atoms with Crippen LogP contribution in [0.4, 0.5) is 8.78 Å². The van der Waals surface area contributed by atoms with Crippen LogP contribution in [-0.4, -0.2) is 46.8 Å². The normalized spacial score (nSPS) is 28.6.